The van der Waals surface area contributed by atoms with E-state index in [1.165, 1.54) is 24.3 Å². The molecule has 4 nitrogen and oxygen atoms in total. The molecule has 0 aliphatic carbocycles. The Bertz CT molecular complexity index is 497. The molecule has 2 atom stereocenters. The molecule has 122 valence electrons. The molecule has 0 aliphatic rings. The normalized spacial score (nSPS) is 13.7. The van der Waals surface area contributed by atoms with Crippen molar-refractivity contribution in [2.45, 2.75) is 46.1 Å². The van der Waals surface area contributed by atoms with E-state index < -0.39 is 17.8 Å². The van der Waals surface area contributed by atoms with E-state index in [2.05, 4.69) is 5.32 Å². The Morgan fingerprint density at radius 2 is 1.73 bits per heavy atom. The van der Waals surface area contributed by atoms with Gasteiger partial charge in [-0.1, -0.05) is 45.7 Å². The number of carboxylic acids is 1. The van der Waals surface area contributed by atoms with Crippen molar-refractivity contribution in [2.75, 3.05) is 0 Å². The molecule has 0 saturated carbocycles. The van der Waals surface area contributed by atoms with Gasteiger partial charge in [-0.2, -0.15) is 0 Å². The maximum Gasteiger partial charge on any atom is 0.305 e. The second kappa shape index (κ2) is 8.51. The van der Waals surface area contributed by atoms with Gasteiger partial charge in [-0.25, -0.2) is 4.39 Å². The third kappa shape index (κ3) is 5.13. The van der Waals surface area contributed by atoms with Gasteiger partial charge in [-0.15, -0.1) is 0 Å². The van der Waals surface area contributed by atoms with E-state index in [4.69, 9.17) is 5.11 Å². The van der Waals surface area contributed by atoms with Crippen molar-refractivity contribution in [2.24, 2.45) is 11.8 Å². The fourth-order valence-corrected chi connectivity index (χ4v) is 2.63. The summed E-state index contributed by atoms with van der Waals surface area (Å²) in [5.74, 6) is -1.49. The predicted molar refractivity (Wildman–Crippen MR) is 82.8 cm³/mol. The highest BCUT2D eigenvalue weighted by atomic mass is 19.1. The molecule has 0 fully saturated rings. The second-order valence-electron chi connectivity index (χ2n) is 5.58. The van der Waals surface area contributed by atoms with Crippen molar-refractivity contribution in [3.05, 3.63) is 35.6 Å². The lowest BCUT2D eigenvalue weighted by Crippen LogP contribution is -2.36. The van der Waals surface area contributed by atoms with Crippen LogP contribution in [0.1, 0.15) is 51.6 Å². The largest absolute Gasteiger partial charge is 0.481 e. The third-order valence-corrected chi connectivity index (χ3v) is 4.14. The highest BCUT2D eigenvalue weighted by Gasteiger charge is 2.25. The average molecular weight is 309 g/mol. The first kappa shape index (κ1) is 18.1. The molecule has 5 heteroatoms. The van der Waals surface area contributed by atoms with Crippen molar-refractivity contribution >= 4 is 11.9 Å². The molecule has 2 N–H and O–H groups in total. The molecule has 0 aromatic heterocycles. The molecule has 0 bridgehead atoms. The van der Waals surface area contributed by atoms with Crippen LogP contribution in [0.4, 0.5) is 4.39 Å². The minimum absolute atomic E-state index is 0.163. The minimum Gasteiger partial charge on any atom is -0.481 e. The summed E-state index contributed by atoms with van der Waals surface area (Å²) in [7, 11) is 0. The van der Waals surface area contributed by atoms with Crippen molar-refractivity contribution in [3.8, 4) is 0 Å². The van der Waals surface area contributed by atoms with Crippen LogP contribution in [0.25, 0.3) is 0 Å². The van der Waals surface area contributed by atoms with Crippen LogP contribution in [0.15, 0.2) is 24.3 Å². The zero-order chi connectivity index (χ0) is 16.7. The molecule has 0 heterocycles. The summed E-state index contributed by atoms with van der Waals surface area (Å²) >= 11 is 0. The first-order valence-electron chi connectivity index (χ1n) is 7.66. The van der Waals surface area contributed by atoms with Gasteiger partial charge in [0.15, 0.2) is 0 Å². The van der Waals surface area contributed by atoms with Gasteiger partial charge < -0.3 is 10.4 Å². The lowest BCUT2D eigenvalue weighted by Gasteiger charge is -2.24. The Hall–Kier alpha value is -1.91. The second-order valence-corrected chi connectivity index (χ2v) is 5.58. The van der Waals surface area contributed by atoms with Crippen molar-refractivity contribution in [1.29, 1.82) is 0 Å². The van der Waals surface area contributed by atoms with Crippen molar-refractivity contribution < 1.29 is 19.1 Å². The number of rotatable bonds is 8. The predicted octanol–water partition coefficient (Wildman–Crippen LogP) is 3.53. The minimum atomic E-state index is -1.01. The molecular weight excluding hydrogens is 285 g/mol. The van der Waals surface area contributed by atoms with E-state index in [-0.39, 0.29) is 24.2 Å². The number of nitrogens with one attached hydrogen (secondary N) is 1. The summed E-state index contributed by atoms with van der Waals surface area (Å²) < 4.78 is 13.0. The Morgan fingerprint density at radius 1 is 1.18 bits per heavy atom. The lowest BCUT2D eigenvalue weighted by molar-refractivity contribution is -0.138. The lowest BCUT2D eigenvalue weighted by atomic mass is 9.88. The molecule has 0 spiro atoms. The molecule has 0 aliphatic heterocycles. The van der Waals surface area contributed by atoms with Crippen molar-refractivity contribution in [3.63, 3.8) is 0 Å². The molecule has 1 aromatic carbocycles. The number of carboxylic acid groups (broad SMARTS) is 1. The average Bonchev–Trinajstić information content (AvgIpc) is 2.48. The van der Waals surface area contributed by atoms with Gasteiger partial charge in [-0.3, -0.25) is 9.59 Å². The summed E-state index contributed by atoms with van der Waals surface area (Å²) in [5, 5.41) is 11.8. The van der Waals surface area contributed by atoms with E-state index >= 15 is 0 Å². The number of benzene rings is 1. The first-order chi connectivity index (χ1) is 10.4. The molecule has 2 unspecified atom stereocenters. The van der Waals surface area contributed by atoms with E-state index in [0.29, 0.717) is 5.56 Å². The Kier molecular flexibility index (Phi) is 7.02. The van der Waals surface area contributed by atoms with E-state index in [1.807, 2.05) is 20.8 Å². The highest BCUT2D eigenvalue weighted by Crippen LogP contribution is 2.22. The first-order valence-corrected chi connectivity index (χ1v) is 7.66. The van der Waals surface area contributed by atoms with E-state index in [1.54, 1.807) is 0 Å². The Balaban J connectivity index is 2.87. The summed E-state index contributed by atoms with van der Waals surface area (Å²) in [6, 6.07) is 4.89. The van der Waals surface area contributed by atoms with Crippen LogP contribution in [-0.2, 0) is 9.59 Å². The van der Waals surface area contributed by atoms with E-state index in [0.717, 1.165) is 12.8 Å². The quantitative estimate of drug-likeness (QED) is 0.772. The molecule has 1 amide bonds. The SMILES string of the molecule is CCC(CC)C(C)C(=O)NC(CC(=O)O)c1ccc(F)cc1. The topological polar surface area (TPSA) is 66.4 Å². The monoisotopic (exact) mass is 309 g/mol. The van der Waals surface area contributed by atoms with Gasteiger partial charge in [0.05, 0.1) is 12.5 Å². The molecule has 22 heavy (non-hydrogen) atoms. The van der Waals surface area contributed by atoms with Gasteiger partial charge in [0.25, 0.3) is 0 Å². The Morgan fingerprint density at radius 3 is 2.18 bits per heavy atom. The number of aliphatic carboxylic acids is 1. The maximum absolute atomic E-state index is 13.0. The number of halogens is 1. The standard InChI is InChI=1S/C17H24FNO3/c1-4-12(5-2)11(3)17(22)19-15(10-16(20)21)13-6-8-14(18)9-7-13/h6-9,11-12,15H,4-5,10H2,1-3H3,(H,19,22)(H,20,21). The molecular formula is C17H24FNO3. The van der Waals surface area contributed by atoms with Crippen LogP contribution in [0.3, 0.4) is 0 Å². The number of amides is 1. The van der Waals surface area contributed by atoms with Crippen LogP contribution in [0.2, 0.25) is 0 Å². The zero-order valence-corrected chi connectivity index (χ0v) is 13.3. The van der Waals surface area contributed by atoms with Crippen LogP contribution in [0.5, 0.6) is 0 Å². The maximum atomic E-state index is 13.0. The number of carbonyl (C=O) groups excluding carboxylic acids is 1. The summed E-state index contributed by atoms with van der Waals surface area (Å²) in [5.41, 5.74) is 0.592. The molecule has 0 saturated heterocycles. The number of hydrogen-bond donors (Lipinski definition) is 2. The fraction of sp³-hybridized carbons (Fsp3) is 0.529. The molecule has 0 radical (unpaired) electrons. The molecule has 1 aromatic rings. The zero-order valence-electron chi connectivity index (χ0n) is 13.3. The van der Waals surface area contributed by atoms with Crippen LogP contribution >= 0.6 is 0 Å². The highest BCUT2D eigenvalue weighted by molar-refractivity contribution is 5.80. The van der Waals surface area contributed by atoms with Crippen molar-refractivity contribution in [1.82, 2.24) is 5.32 Å². The number of carbonyl (C=O) groups is 2. The van der Waals surface area contributed by atoms with Gasteiger partial charge in [0.2, 0.25) is 5.91 Å². The summed E-state index contributed by atoms with van der Waals surface area (Å²) in [6.45, 7) is 5.93. The van der Waals surface area contributed by atoms with Crippen LogP contribution in [0, 0.1) is 17.7 Å². The van der Waals surface area contributed by atoms with Gasteiger partial charge in [0.1, 0.15) is 5.82 Å². The Labute approximate surface area is 130 Å². The summed E-state index contributed by atoms with van der Waals surface area (Å²) in [4.78, 5) is 23.4. The molecule has 1 rings (SSSR count). The fourth-order valence-electron chi connectivity index (χ4n) is 2.63. The van der Waals surface area contributed by atoms with Gasteiger partial charge in [0, 0.05) is 5.92 Å². The smallest absolute Gasteiger partial charge is 0.305 e. The third-order valence-electron chi connectivity index (χ3n) is 4.14. The van der Waals surface area contributed by atoms with E-state index in [9.17, 15) is 14.0 Å². The van der Waals surface area contributed by atoms with Crippen LogP contribution < -0.4 is 5.32 Å². The van der Waals surface area contributed by atoms with Gasteiger partial charge >= 0.3 is 5.97 Å². The summed E-state index contributed by atoms with van der Waals surface area (Å²) in [6.07, 6.45) is 1.56. The van der Waals surface area contributed by atoms with Crippen LogP contribution in [-0.4, -0.2) is 17.0 Å². The number of hydrogen-bond acceptors (Lipinski definition) is 2. The van der Waals surface area contributed by atoms with Gasteiger partial charge in [-0.05, 0) is 23.6 Å².